The summed E-state index contributed by atoms with van der Waals surface area (Å²) in [5.41, 5.74) is 1.92. The number of benzene rings is 2. The Morgan fingerprint density at radius 3 is 2.35 bits per heavy atom. The van der Waals surface area contributed by atoms with E-state index in [0.29, 0.717) is 23.1 Å². The molecule has 0 spiro atoms. The molecule has 3 rings (SSSR count). The van der Waals surface area contributed by atoms with E-state index in [2.05, 4.69) is 10.2 Å². The van der Waals surface area contributed by atoms with E-state index in [-0.39, 0.29) is 23.9 Å². The molecule has 2 amide bonds. The minimum Gasteiger partial charge on any atom is -0.494 e. The average Bonchev–Trinajstić information content (AvgIpc) is 2.99. The number of carbonyl (C=O) groups is 2. The molecule has 1 heterocycles. The molecule has 0 atom stereocenters. The molecule has 0 unspecified atom stereocenters. The van der Waals surface area contributed by atoms with Crippen LogP contribution in [0.25, 0.3) is 10.8 Å². The van der Waals surface area contributed by atoms with E-state index < -0.39 is 11.8 Å². The largest absolute Gasteiger partial charge is 0.494 e. The van der Waals surface area contributed by atoms with Gasteiger partial charge in [0.1, 0.15) is 5.75 Å². The van der Waals surface area contributed by atoms with Crippen molar-refractivity contribution in [2.24, 2.45) is 10.2 Å². The second-order valence-electron chi connectivity index (χ2n) is 7.32. The van der Waals surface area contributed by atoms with Gasteiger partial charge in [0.15, 0.2) is 6.61 Å². The van der Waals surface area contributed by atoms with Crippen LogP contribution in [0.1, 0.15) is 41.3 Å². The molecule has 0 aliphatic heterocycles. The fraction of sp³-hybridized carbons (Fsp3) is 0.304. The summed E-state index contributed by atoms with van der Waals surface area (Å²) in [7, 11) is 0. The third-order valence-electron chi connectivity index (χ3n) is 5.00. The number of unbranched alkanes of at least 4 members (excludes halogenated alkanes) is 1. The summed E-state index contributed by atoms with van der Waals surface area (Å²) < 4.78 is 6.91. The number of para-hydroxylation sites is 1. The minimum absolute atomic E-state index is 0.0552. The monoisotopic (exact) mass is 423 g/mol. The van der Waals surface area contributed by atoms with Gasteiger partial charge < -0.3 is 14.9 Å². The normalized spacial score (nSPS) is 11.3. The van der Waals surface area contributed by atoms with Gasteiger partial charge in [-0.3, -0.25) is 14.2 Å². The van der Waals surface area contributed by atoms with Gasteiger partial charge in [0.05, 0.1) is 0 Å². The molecule has 2 aromatic carbocycles. The molecule has 1 aromatic heterocycles. The van der Waals surface area contributed by atoms with Crippen molar-refractivity contribution in [2.75, 3.05) is 6.61 Å². The lowest BCUT2D eigenvalue weighted by atomic mass is 10.1. The summed E-state index contributed by atoms with van der Waals surface area (Å²) in [5, 5.41) is 28.4. The van der Waals surface area contributed by atoms with Gasteiger partial charge in [-0.2, -0.15) is 0 Å². The maximum Gasteiger partial charge on any atom is 0.302 e. The number of ether oxygens (including phenoxy) is 1. The van der Waals surface area contributed by atoms with Crippen molar-refractivity contribution in [3.63, 3.8) is 0 Å². The fourth-order valence-corrected chi connectivity index (χ4v) is 3.32. The number of amides is 2. The molecule has 2 N–H and O–H groups in total. The predicted molar refractivity (Wildman–Crippen MR) is 116 cm³/mol. The Balaban J connectivity index is 1.71. The van der Waals surface area contributed by atoms with Gasteiger partial charge in [0.2, 0.25) is 11.8 Å². The number of azo groups is 1. The van der Waals surface area contributed by atoms with Crippen LogP contribution in [0, 0.1) is 13.8 Å². The number of aromatic nitrogens is 1. The van der Waals surface area contributed by atoms with Crippen LogP contribution in [0.5, 0.6) is 17.5 Å². The highest BCUT2D eigenvalue weighted by Gasteiger charge is 2.17. The lowest BCUT2D eigenvalue weighted by Gasteiger charge is -2.09. The Hall–Kier alpha value is -3.68. The number of rotatable bonds is 7. The van der Waals surface area contributed by atoms with Crippen molar-refractivity contribution in [1.29, 1.82) is 0 Å². The lowest BCUT2D eigenvalue weighted by Crippen LogP contribution is -2.10. The second-order valence-corrected chi connectivity index (χ2v) is 7.32. The number of carbonyl (C=O) groups excluding carboxylic acids is 2. The topological polar surface area (TPSA) is 113 Å². The van der Waals surface area contributed by atoms with E-state index in [1.807, 2.05) is 39.0 Å². The van der Waals surface area contributed by atoms with E-state index in [4.69, 9.17) is 4.74 Å². The van der Waals surface area contributed by atoms with Crippen molar-refractivity contribution in [3.8, 4) is 17.5 Å². The Kier molecular flexibility index (Phi) is 6.69. The lowest BCUT2D eigenvalue weighted by molar-refractivity contribution is -0.120. The zero-order chi connectivity index (χ0) is 22.5. The van der Waals surface area contributed by atoms with E-state index >= 15 is 0 Å². The van der Waals surface area contributed by atoms with E-state index in [1.54, 1.807) is 0 Å². The number of nitrogens with zero attached hydrogens (tertiary/aromatic N) is 3. The highest BCUT2D eigenvalue weighted by molar-refractivity contribution is 6.02. The third kappa shape index (κ3) is 4.74. The molecule has 0 radical (unpaired) electrons. The van der Waals surface area contributed by atoms with Crippen LogP contribution in [0.4, 0.5) is 0 Å². The van der Waals surface area contributed by atoms with Crippen LogP contribution in [0.2, 0.25) is 0 Å². The minimum atomic E-state index is -0.734. The third-order valence-corrected chi connectivity index (χ3v) is 5.00. The Morgan fingerprint density at radius 1 is 1.00 bits per heavy atom. The zero-order valence-corrected chi connectivity index (χ0v) is 17.8. The number of aromatic hydroxyl groups is 2. The summed E-state index contributed by atoms with van der Waals surface area (Å²) in [6.45, 7) is 5.87. The van der Waals surface area contributed by atoms with E-state index in [1.165, 1.54) is 22.8 Å². The van der Waals surface area contributed by atoms with Gasteiger partial charge in [0, 0.05) is 22.9 Å². The van der Waals surface area contributed by atoms with Crippen LogP contribution >= 0.6 is 0 Å². The summed E-state index contributed by atoms with van der Waals surface area (Å²) >= 11 is 0. The maximum atomic E-state index is 12.3. The predicted octanol–water partition coefficient (Wildman–Crippen LogP) is 4.67. The number of hydrogen-bond donors (Lipinski definition) is 2. The average molecular weight is 423 g/mol. The van der Waals surface area contributed by atoms with Gasteiger partial charge in [-0.1, -0.05) is 31.5 Å². The molecular formula is C23H25N3O5. The van der Waals surface area contributed by atoms with Crippen molar-refractivity contribution in [1.82, 2.24) is 4.57 Å². The van der Waals surface area contributed by atoms with Crippen LogP contribution < -0.4 is 4.74 Å². The molecule has 0 fully saturated rings. The molecular weight excluding hydrogens is 398 g/mol. The van der Waals surface area contributed by atoms with Crippen LogP contribution in [-0.4, -0.2) is 33.2 Å². The molecule has 0 aliphatic carbocycles. The van der Waals surface area contributed by atoms with E-state index in [0.717, 1.165) is 24.0 Å². The first-order valence-electron chi connectivity index (χ1n) is 10.1. The van der Waals surface area contributed by atoms with Crippen LogP contribution in [0.15, 0.2) is 46.6 Å². The molecule has 8 heteroatoms. The molecule has 0 saturated heterocycles. The molecule has 0 saturated carbocycles. The first-order valence-corrected chi connectivity index (χ1v) is 10.1. The maximum absolute atomic E-state index is 12.3. The van der Waals surface area contributed by atoms with Crippen molar-refractivity contribution >= 4 is 22.6 Å². The molecule has 162 valence electrons. The SMILES string of the molecule is CCCCn1c(O)c2ccc(C(=O)N=NC(=O)COc3c(C)cccc3C)cc2c1O. The van der Waals surface area contributed by atoms with Crippen LogP contribution in [0.3, 0.4) is 0 Å². The van der Waals surface area contributed by atoms with Crippen molar-refractivity contribution in [2.45, 2.75) is 40.2 Å². The number of fused-ring (bicyclic) bond motifs is 1. The number of aryl methyl sites for hydroxylation is 2. The fourth-order valence-electron chi connectivity index (χ4n) is 3.32. The van der Waals surface area contributed by atoms with Gasteiger partial charge in [0.25, 0.3) is 5.91 Å². The van der Waals surface area contributed by atoms with Gasteiger partial charge in [-0.05, 0) is 49.6 Å². The zero-order valence-electron chi connectivity index (χ0n) is 17.8. The Labute approximate surface area is 179 Å². The molecule has 31 heavy (non-hydrogen) atoms. The van der Waals surface area contributed by atoms with E-state index in [9.17, 15) is 19.8 Å². The summed E-state index contributed by atoms with van der Waals surface area (Å²) in [6, 6.07) is 10.1. The quantitative estimate of drug-likeness (QED) is 0.536. The summed E-state index contributed by atoms with van der Waals surface area (Å²) in [6.07, 6.45) is 1.69. The van der Waals surface area contributed by atoms with Crippen molar-refractivity contribution < 1.29 is 24.5 Å². The first-order chi connectivity index (χ1) is 14.8. The molecule has 8 nitrogen and oxygen atoms in total. The smallest absolute Gasteiger partial charge is 0.302 e. The first kappa shape index (κ1) is 22.0. The number of hydrogen-bond acceptors (Lipinski definition) is 5. The van der Waals surface area contributed by atoms with Gasteiger partial charge in [-0.15, -0.1) is 10.2 Å². The molecule has 3 aromatic rings. The summed E-state index contributed by atoms with van der Waals surface area (Å²) in [4.78, 5) is 24.3. The second kappa shape index (κ2) is 9.42. The molecule has 0 aliphatic rings. The van der Waals surface area contributed by atoms with Crippen molar-refractivity contribution in [3.05, 3.63) is 53.1 Å². The standard InChI is InChI=1S/C23H25N3O5/c1-4-5-11-26-22(29)17-10-9-16(12-18(17)23(26)30)21(28)25-24-19(27)13-31-20-14(2)7-6-8-15(20)3/h6-10,12,29-30H,4-5,11,13H2,1-3H3. The highest BCUT2D eigenvalue weighted by atomic mass is 16.5. The van der Waals surface area contributed by atoms with Crippen LogP contribution in [-0.2, 0) is 11.3 Å². The summed E-state index contributed by atoms with van der Waals surface area (Å²) in [5.74, 6) is -0.998. The Bertz CT molecular complexity index is 1140. The van der Waals surface area contributed by atoms with Gasteiger partial charge >= 0.3 is 5.91 Å². The highest BCUT2D eigenvalue weighted by Crippen LogP contribution is 2.37. The molecule has 0 bridgehead atoms. The Morgan fingerprint density at radius 2 is 1.68 bits per heavy atom. The van der Waals surface area contributed by atoms with Gasteiger partial charge in [-0.25, -0.2) is 0 Å².